The highest BCUT2D eigenvalue weighted by atomic mass is 79.9. The Morgan fingerprint density at radius 3 is 2.84 bits per heavy atom. The number of nitrogens with zero attached hydrogens (tertiary/aromatic N) is 1. The van der Waals surface area contributed by atoms with Gasteiger partial charge in [0.1, 0.15) is 0 Å². The van der Waals surface area contributed by atoms with Crippen LogP contribution >= 0.6 is 15.9 Å². The van der Waals surface area contributed by atoms with Crippen LogP contribution in [0.3, 0.4) is 0 Å². The Kier molecular flexibility index (Phi) is 4.60. The molecule has 0 spiro atoms. The first-order chi connectivity index (χ1) is 9.01. The van der Waals surface area contributed by atoms with Gasteiger partial charge >= 0.3 is 0 Å². The minimum absolute atomic E-state index is 0.0214. The summed E-state index contributed by atoms with van der Waals surface area (Å²) in [6.07, 6.45) is -0.0767. The van der Waals surface area contributed by atoms with E-state index in [2.05, 4.69) is 20.8 Å². The van der Waals surface area contributed by atoms with Crippen LogP contribution in [0.25, 0.3) is 0 Å². The molecular weight excluding hydrogens is 310 g/mol. The molecule has 1 heterocycles. The molecule has 1 fully saturated rings. The van der Waals surface area contributed by atoms with Crippen LogP contribution in [-0.4, -0.2) is 42.8 Å². The highest BCUT2D eigenvalue weighted by Gasteiger charge is 2.25. The second-order valence-electron chi connectivity index (χ2n) is 4.88. The van der Waals surface area contributed by atoms with Gasteiger partial charge in [-0.2, -0.15) is 0 Å². The number of carbonyl (C=O) groups is 1. The number of anilines is 1. The zero-order valence-electron chi connectivity index (χ0n) is 11.1. The van der Waals surface area contributed by atoms with Gasteiger partial charge in [0.25, 0.3) is 0 Å². The van der Waals surface area contributed by atoms with E-state index in [-0.39, 0.29) is 24.6 Å². The molecular formula is C14H18BrNO3. The van der Waals surface area contributed by atoms with Crippen LogP contribution in [0.5, 0.6) is 0 Å². The number of carbonyl (C=O) groups excluding carboxylic acids is 1. The van der Waals surface area contributed by atoms with Gasteiger partial charge < -0.3 is 14.7 Å². The molecule has 1 aliphatic rings. The maximum absolute atomic E-state index is 11.4. The number of benzene rings is 1. The first-order valence-electron chi connectivity index (χ1n) is 6.33. The van der Waals surface area contributed by atoms with Gasteiger partial charge in [0, 0.05) is 28.8 Å². The van der Waals surface area contributed by atoms with E-state index in [1.54, 1.807) is 6.92 Å². The first kappa shape index (κ1) is 14.5. The van der Waals surface area contributed by atoms with Crippen LogP contribution < -0.4 is 4.90 Å². The monoisotopic (exact) mass is 327 g/mol. The number of aliphatic hydroxyl groups excluding tert-OH is 1. The third-order valence-corrected chi connectivity index (χ3v) is 3.88. The van der Waals surface area contributed by atoms with Crippen molar-refractivity contribution < 1.29 is 14.6 Å². The highest BCUT2D eigenvalue weighted by molar-refractivity contribution is 9.10. The SMILES string of the molecule is CC(=O)c1ccc(N2CC(C)OC(CO)C2)cc1Br. The second kappa shape index (κ2) is 6.03. The maximum Gasteiger partial charge on any atom is 0.160 e. The Balaban J connectivity index is 2.21. The number of Topliss-reactive ketones (excluding diaryl/α,β-unsaturated/α-hetero) is 1. The van der Waals surface area contributed by atoms with Crippen molar-refractivity contribution in [3.05, 3.63) is 28.2 Å². The Hall–Kier alpha value is -0.910. The number of hydrogen-bond donors (Lipinski definition) is 1. The topological polar surface area (TPSA) is 49.8 Å². The van der Waals surface area contributed by atoms with Crippen LogP contribution in [0.15, 0.2) is 22.7 Å². The lowest BCUT2D eigenvalue weighted by atomic mass is 10.1. The fourth-order valence-electron chi connectivity index (χ4n) is 2.34. The average molecular weight is 328 g/mol. The van der Waals surface area contributed by atoms with Gasteiger partial charge in [-0.1, -0.05) is 0 Å². The summed E-state index contributed by atoms with van der Waals surface area (Å²) < 4.78 is 6.42. The molecule has 2 unspecified atom stereocenters. The fourth-order valence-corrected chi connectivity index (χ4v) is 2.99. The van der Waals surface area contributed by atoms with Crippen molar-refractivity contribution in [1.29, 1.82) is 0 Å². The Morgan fingerprint density at radius 1 is 1.53 bits per heavy atom. The molecule has 0 saturated carbocycles. The van der Waals surface area contributed by atoms with Crippen molar-refractivity contribution in [2.45, 2.75) is 26.1 Å². The summed E-state index contributed by atoms with van der Waals surface area (Å²) in [6, 6.07) is 5.72. The predicted octanol–water partition coefficient (Wildman–Crippen LogP) is 2.24. The lowest BCUT2D eigenvalue weighted by molar-refractivity contribution is -0.0421. The van der Waals surface area contributed by atoms with E-state index in [0.717, 1.165) is 16.7 Å². The fraction of sp³-hybridized carbons (Fsp3) is 0.500. The summed E-state index contributed by atoms with van der Waals surface area (Å²) in [4.78, 5) is 13.6. The molecule has 1 N–H and O–H groups in total. The normalized spacial score (nSPS) is 23.5. The van der Waals surface area contributed by atoms with Gasteiger partial charge in [-0.15, -0.1) is 0 Å². The number of halogens is 1. The number of ketones is 1. The van der Waals surface area contributed by atoms with E-state index in [1.165, 1.54) is 0 Å². The number of hydrogen-bond acceptors (Lipinski definition) is 4. The van der Waals surface area contributed by atoms with Crippen LogP contribution in [0, 0.1) is 0 Å². The highest BCUT2D eigenvalue weighted by Crippen LogP contribution is 2.26. The molecule has 1 aromatic carbocycles. The molecule has 1 aromatic rings. The predicted molar refractivity (Wildman–Crippen MR) is 77.8 cm³/mol. The lowest BCUT2D eigenvalue weighted by Gasteiger charge is -2.37. The van der Waals surface area contributed by atoms with E-state index < -0.39 is 0 Å². The number of aliphatic hydroxyl groups is 1. The van der Waals surface area contributed by atoms with Crippen molar-refractivity contribution in [2.24, 2.45) is 0 Å². The molecule has 0 aromatic heterocycles. The van der Waals surface area contributed by atoms with Gasteiger partial charge in [-0.25, -0.2) is 0 Å². The van der Waals surface area contributed by atoms with Crippen molar-refractivity contribution >= 4 is 27.4 Å². The molecule has 0 bridgehead atoms. The summed E-state index contributed by atoms with van der Waals surface area (Å²) in [5.41, 5.74) is 1.72. The summed E-state index contributed by atoms with van der Waals surface area (Å²) in [7, 11) is 0. The Morgan fingerprint density at radius 2 is 2.26 bits per heavy atom. The van der Waals surface area contributed by atoms with Crippen LogP contribution in [0.2, 0.25) is 0 Å². The summed E-state index contributed by atoms with van der Waals surface area (Å²) in [5, 5.41) is 9.24. The summed E-state index contributed by atoms with van der Waals surface area (Å²) in [6.45, 7) is 5.01. The molecule has 0 amide bonds. The minimum Gasteiger partial charge on any atom is -0.394 e. The van der Waals surface area contributed by atoms with E-state index in [1.807, 2.05) is 25.1 Å². The van der Waals surface area contributed by atoms with Crippen molar-refractivity contribution in [3.63, 3.8) is 0 Å². The van der Waals surface area contributed by atoms with Crippen molar-refractivity contribution in [3.8, 4) is 0 Å². The van der Waals surface area contributed by atoms with Crippen LogP contribution in [0.1, 0.15) is 24.2 Å². The maximum atomic E-state index is 11.4. The molecule has 19 heavy (non-hydrogen) atoms. The van der Waals surface area contributed by atoms with E-state index in [9.17, 15) is 9.90 Å². The lowest BCUT2D eigenvalue weighted by Crippen LogP contribution is -2.48. The third kappa shape index (κ3) is 3.35. The van der Waals surface area contributed by atoms with Gasteiger partial charge in [0.05, 0.1) is 18.8 Å². The quantitative estimate of drug-likeness (QED) is 0.865. The Bertz CT molecular complexity index is 478. The second-order valence-corrected chi connectivity index (χ2v) is 5.73. The van der Waals surface area contributed by atoms with Gasteiger partial charge in [0.15, 0.2) is 5.78 Å². The van der Waals surface area contributed by atoms with Crippen LogP contribution in [-0.2, 0) is 4.74 Å². The molecule has 104 valence electrons. The van der Waals surface area contributed by atoms with Crippen molar-refractivity contribution in [1.82, 2.24) is 0 Å². The standard InChI is InChI=1S/C14H18BrNO3/c1-9-6-16(7-12(8-17)19-9)11-3-4-13(10(2)18)14(15)5-11/h3-5,9,12,17H,6-8H2,1-2H3. The molecule has 5 heteroatoms. The van der Waals surface area contributed by atoms with Crippen molar-refractivity contribution in [2.75, 3.05) is 24.6 Å². The summed E-state index contributed by atoms with van der Waals surface area (Å²) in [5.74, 6) is 0.0435. The number of rotatable bonds is 3. The summed E-state index contributed by atoms with van der Waals surface area (Å²) >= 11 is 3.43. The average Bonchev–Trinajstić information content (AvgIpc) is 2.37. The van der Waals surface area contributed by atoms with E-state index >= 15 is 0 Å². The van der Waals surface area contributed by atoms with E-state index in [0.29, 0.717) is 12.1 Å². The molecule has 1 aliphatic heterocycles. The molecule has 0 radical (unpaired) electrons. The minimum atomic E-state index is -0.157. The van der Waals surface area contributed by atoms with Crippen LogP contribution in [0.4, 0.5) is 5.69 Å². The first-order valence-corrected chi connectivity index (χ1v) is 7.12. The van der Waals surface area contributed by atoms with Gasteiger partial charge in [-0.05, 0) is 48.0 Å². The number of ether oxygens (including phenoxy) is 1. The van der Waals surface area contributed by atoms with Gasteiger partial charge in [-0.3, -0.25) is 4.79 Å². The van der Waals surface area contributed by atoms with E-state index in [4.69, 9.17) is 4.74 Å². The third-order valence-electron chi connectivity index (χ3n) is 3.23. The zero-order valence-corrected chi connectivity index (χ0v) is 12.7. The van der Waals surface area contributed by atoms with Gasteiger partial charge in [0.2, 0.25) is 0 Å². The molecule has 4 nitrogen and oxygen atoms in total. The molecule has 0 aliphatic carbocycles. The smallest absolute Gasteiger partial charge is 0.160 e. The Labute approximate surface area is 121 Å². The molecule has 2 rings (SSSR count). The number of morpholine rings is 1. The largest absolute Gasteiger partial charge is 0.394 e. The molecule has 2 atom stereocenters. The zero-order chi connectivity index (χ0) is 14.0. The molecule has 1 saturated heterocycles.